The normalized spacial score (nSPS) is 23.6. The van der Waals surface area contributed by atoms with Crippen LogP contribution in [0.4, 0.5) is 5.82 Å². The predicted molar refractivity (Wildman–Crippen MR) is 118 cm³/mol. The van der Waals surface area contributed by atoms with Crippen molar-refractivity contribution in [2.45, 2.75) is 44.2 Å². The number of hydrogen-bond acceptors (Lipinski definition) is 7. The van der Waals surface area contributed by atoms with Crippen LogP contribution in [0.3, 0.4) is 0 Å². The topological polar surface area (TPSA) is 70.5 Å². The van der Waals surface area contributed by atoms with E-state index >= 15 is 0 Å². The van der Waals surface area contributed by atoms with E-state index in [0.29, 0.717) is 18.5 Å². The number of thiophene rings is 1. The Morgan fingerprint density at radius 3 is 2.76 bits per heavy atom. The van der Waals surface area contributed by atoms with Gasteiger partial charge in [0, 0.05) is 41.9 Å². The van der Waals surface area contributed by atoms with Crippen molar-refractivity contribution < 1.29 is 9.84 Å². The Morgan fingerprint density at radius 2 is 1.97 bits per heavy atom. The van der Waals surface area contributed by atoms with Gasteiger partial charge >= 0.3 is 0 Å². The number of aliphatic hydroxyl groups excluding tert-OH is 1. The number of aromatic nitrogens is 2. The molecular weight excluding hydrogens is 384 g/mol. The van der Waals surface area contributed by atoms with Crippen LogP contribution in [0.1, 0.15) is 31.2 Å². The van der Waals surface area contributed by atoms with Gasteiger partial charge in [-0.15, -0.1) is 11.3 Å². The summed E-state index contributed by atoms with van der Waals surface area (Å²) < 4.78 is 6.72. The second-order valence-corrected chi connectivity index (χ2v) is 9.14. The van der Waals surface area contributed by atoms with Gasteiger partial charge in [0.15, 0.2) is 0 Å². The predicted octanol–water partition coefficient (Wildman–Crippen LogP) is 3.43. The molecule has 2 N–H and O–H groups in total. The molecule has 7 heteroatoms. The molecule has 3 heterocycles. The van der Waals surface area contributed by atoms with Crippen molar-refractivity contribution in [2.24, 2.45) is 0 Å². The fraction of sp³-hybridized carbons (Fsp3) is 0.545. The Hall–Kier alpha value is -1.80. The van der Waals surface area contributed by atoms with E-state index in [4.69, 9.17) is 4.74 Å². The Kier molecular flexibility index (Phi) is 5.63. The first-order valence-corrected chi connectivity index (χ1v) is 11.5. The SMILES string of the molecule is OCCc1ccc2sc3ncnc(N[C@H]4CC[C@H](N5CCOCC5)CC4)c3c2c1. The van der Waals surface area contributed by atoms with Gasteiger partial charge in [-0.05, 0) is 49.8 Å². The largest absolute Gasteiger partial charge is 0.396 e. The maximum atomic E-state index is 9.30. The Bertz CT molecular complexity index is 978. The molecular formula is C22H28N4O2S. The molecule has 2 aliphatic rings. The summed E-state index contributed by atoms with van der Waals surface area (Å²) in [6.45, 7) is 4.07. The third-order valence-electron chi connectivity index (χ3n) is 6.33. The van der Waals surface area contributed by atoms with Crippen LogP contribution in [0.15, 0.2) is 24.5 Å². The number of morpholine rings is 1. The van der Waals surface area contributed by atoms with Crippen LogP contribution in [0.2, 0.25) is 0 Å². The second kappa shape index (κ2) is 8.52. The molecule has 0 bridgehead atoms. The summed E-state index contributed by atoms with van der Waals surface area (Å²) in [6, 6.07) is 7.59. The Labute approximate surface area is 174 Å². The molecule has 0 unspecified atom stereocenters. The minimum Gasteiger partial charge on any atom is -0.396 e. The molecule has 1 aliphatic heterocycles. The summed E-state index contributed by atoms with van der Waals surface area (Å²) in [5.74, 6) is 0.956. The van der Waals surface area contributed by atoms with Crippen LogP contribution in [0.5, 0.6) is 0 Å². The fourth-order valence-corrected chi connectivity index (χ4v) is 5.79. The Balaban J connectivity index is 1.35. The summed E-state index contributed by atoms with van der Waals surface area (Å²) >= 11 is 1.71. The first kappa shape index (κ1) is 19.2. The van der Waals surface area contributed by atoms with Gasteiger partial charge in [0.1, 0.15) is 17.0 Å². The number of nitrogens with zero attached hydrogens (tertiary/aromatic N) is 3. The minimum absolute atomic E-state index is 0.168. The van der Waals surface area contributed by atoms with Gasteiger partial charge in [0.2, 0.25) is 0 Å². The maximum Gasteiger partial charge on any atom is 0.139 e. The molecule has 1 aliphatic carbocycles. The zero-order valence-electron chi connectivity index (χ0n) is 16.6. The quantitative estimate of drug-likeness (QED) is 0.669. The molecule has 5 rings (SSSR count). The van der Waals surface area contributed by atoms with Crippen molar-refractivity contribution >= 4 is 37.5 Å². The van der Waals surface area contributed by atoms with Gasteiger partial charge < -0.3 is 15.2 Å². The van der Waals surface area contributed by atoms with Gasteiger partial charge in [-0.1, -0.05) is 6.07 Å². The third kappa shape index (κ3) is 3.97. The van der Waals surface area contributed by atoms with Gasteiger partial charge in [-0.2, -0.15) is 0 Å². The number of rotatable bonds is 5. The van der Waals surface area contributed by atoms with Crippen LogP contribution in [-0.4, -0.2) is 65.0 Å². The lowest BCUT2D eigenvalue weighted by atomic mass is 9.90. The average Bonchev–Trinajstić information content (AvgIpc) is 3.14. The molecule has 2 aromatic heterocycles. The van der Waals surface area contributed by atoms with Crippen molar-refractivity contribution in [3.8, 4) is 0 Å². The van der Waals surface area contributed by atoms with Crippen molar-refractivity contribution in [1.82, 2.24) is 14.9 Å². The zero-order valence-corrected chi connectivity index (χ0v) is 17.5. The number of hydrogen-bond donors (Lipinski definition) is 2. The highest BCUT2D eigenvalue weighted by molar-refractivity contribution is 7.25. The highest BCUT2D eigenvalue weighted by Crippen LogP contribution is 2.37. The van der Waals surface area contributed by atoms with Gasteiger partial charge in [-0.25, -0.2) is 9.97 Å². The van der Waals surface area contributed by atoms with E-state index in [0.717, 1.165) is 47.9 Å². The van der Waals surface area contributed by atoms with Crippen molar-refractivity contribution in [1.29, 1.82) is 0 Å². The first-order chi connectivity index (χ1) is 14.3. The lowest BCUT2D eigenvalue weighted by Gasteiger charge is -2.39. The number of aliphatic hydroxyl groups is 1. The maximum absolute atomic E-state index is 9.30. The van der Waals surface area contributed by atoms with E-state index in [2.05, 4.69) is 38.4 Å². The molecule has 3 aromatic rings. The van der Waals surface area contributed by atoms with E-state index in [1.165, 1.54) is 35.8 Å². The molecule has 1 aromatic carbocycles. The molecule has 1 saturated heterocycles. The van der Waals surface area contributed by atoms with Crippen LogP contribution in [0.25, 0.3) is 20.3 Å². The Morgan fingerprint density at radius 1 is 1.14 bits per heavy atom. The lowest BCUT2D eigenvalue weighted by molar-refractivity contribution is 0.00791. The van der Waals surface area contributed by atoms with Gasteiger partial charge in [0.05, 0.1) is 18.6 Å². The van der Waals surface area contributed by atoms with E-state index in [-0.39, 0.29) is 6.61 Å². The van der Waals surface area contributed by atoms with Crippen molar-refractivity contribution in [3.05, 3.63) is 30.1 Å². The van der Waals surface area contributed by atoms with Crippen LogP contribution in [-0.2, 0) is 11.2 Å². The minimum atomic E-state index is 0.168. The summed E-state index contributed by atoms with van der Waals surface area (Å²) in [4.78, 5) is 12.8. The molecule has 0 radical (unpaired) electrons. The summed E-state index contributed by atoms with van der Waals surface area (Å²) in [5, 5.41) is 15.4. The number of nitrogens with one attached hydrogen (secondary N) is 1. The number of fused-ring (bicyclic) bond motifs is 3. The summed E-state index contributed by atoms with van der Waals surface area (Å²) in [5.41, 5.74) is 1.15. The molecule has 0 spiro atoms. The molecule has 2 fully saturated rings. The van der Waals surface area contributed by atoms with Gasteiger partial charge in [-0.3, -0.25) is 4.90 Å². The van der Waals surface area contributed by atoms with E-state index < -0.39 is 0 Å². The zero-order chi connectivity index (χ0) is 19.6. The highest BCUT2D eigenvalue weighted by Gasteiger charge is 2.27. The monoisotopic (exact) mass is 412 g/mol. The van der Waals surface area contributed by atoms with Crippen LogP contribution >= 0.6 is 11.3 Å². The molecule has 29 heavy (non-hydrogen) atoms. The van der Waals surface area contributed by atoms with Gasteiger partial charge in [0.25, 0.3) is 0 Å². The molecule has 0 amide bonds. The number of anilines is 1. The second-order valence-electron chi connectivity index (χ2n) is 8.11. The van der Waals surface area contributed by atoms with Crippen molar-refractivity contribution in [2.75, 3.05) is 38.2 Å². The molecule has 1 saturated carbocycles. The van der Waals surface area contributed by atoms with Crippen molar-refractivity contribution in [3.63, 3.8) is 0 Å². The van der Waals surface area contributed by atoms with Crippen LogP contribution in [0, 0.1) is 0 Å². The molecule has 6 nitrogen and oxygen atoms in total. The lowest BCUT2D eigenvalue weighted by Crippen LogP contribution is -2.46. The number of benzene rings is 1. The first-order valence-electron chi connectivity index (χ1n) is 10.7. The summed E-state index contributed by atoms with van der Waals surface area (Å²) in [6.07, 6.45) is 7.16. The standard InChI is InChI=1S/C22H28N4O2S/c27-10-7-15-1-6-19-18(13-15)20-21(23-14-24-22(20)29-19)25-16-2-4-17(5-3-16)26-8-11-28-12-9-26/h1,6,13-14,16-17,27H,2-5,7-12H2,(H,23,24,25)/t16-,17-. The van der Waals surface area contributed by atoms with E-state index in [9.17, 15) is 5.11 Å². The summed E-state index contributed by atoms with van der Waals surface area (Å²) in [7, 11) is 0. The average molecular weight is 413 g/mol. The van der Waals surface area contributed by atoms with E-state index in [1.54, 1.807) is 17.7 Å². The molecule has 154 valence electrons. The fourth-order valence-electron chi connectivity index (χ4n) is 4.77. The number of ether oxygens (including phenoxy) is 1. The van der Waals surface area contributed by atoms with Crippen LogP contribution < -0.4 is 5.32 Å². The third-order valence-corrected chi connectivity index (χ3v) is 7.41. The molecule has 0 atom stereocenters. The highest BCUT2D eigenvalue weighted by atomic mass is 32.1. The van der Waals surface area contributed by atoms with E-state index in [1.807, 2.05) is 0 Å². The smallest absolute Gasteiger partial charge is 0.139 e.